The molecule has 2 aromatic carbocycles. The molecular formula is C24H30BrN5O2. The lowest BCUT2D eigenvalue weighted by molar-refractivity contribution is 0.344. The van der Waals surface area contributed by atoms with Crippen molar-refractivity contribution in [3.05, 3.63) is 46.4 Å². The van der Waals surface area contributed by atoms with Crippen molar-refractivity contribution in [2.75, 3.05) is 31.4 Å². The molecule has 1 saturated carbocycles. The van der Waals surface area contributed by atoms with E-state index in [4.69, 9.17) is 14.7 Å². The number of halogens is 1. The summed E-state index contributed by atoms with van der Waals surface area (Å²) < 4.78 is 6.11. The van der Waals surface area contributed by atoms with E-state index in [-0.39, 0.29) is 5.75 Å². The quantitative estimate of drug-likeness (QED) is 0.435. The Bertz CT molecular complexity index is 1080. The number of nitrogens with zero attached hydrogens (tertiary/aromatic N) is 3. The Balaban J connectivity index is 1.36. The molecule has 0 radical (unpaired) electrons. The third-order valence-corrected chi connectivity index (χ3v) is 6.79. The Morgan fingerprint density at radius 3 is 2.50 bits per heavy atom. The molecule has 0 aliphatic heterocycles. The number of hydrogen-bond donors (Lipinski definition) is 3. The molecule has 1 aromatic heterocycles. The van der Waals surface area contributed by atoms with Gasteiger partial charge in [0.15, 0.2) is 11.5 Å². The van der Waals surface area contributed by atoms with Gasteiger partial charge in [-0.2, -0.15) is 4.98 Å². The summed E-state index contributed by atoms with van der Waals surface area (Å²) in [7, 11) is 5.58. The van der Waals surface area contributed by atoms with E-state index in [0.717, 1.165) is 52.4 Å². The van der Waals surface area contributed by atoms with Crippen LogP contribution in [0.5, 0.6) is 11.5 Å². The minimum absolute atomic E-state index is 0.190. The smallest absolute Gasteiger partial charge is 0.225 e. The summed E-state index contributed by atoms with van der Waals surface area (Å²) in [6, 6.07) is 12.5. The number of aromatic hydroxyl groups is 1. The molecule has 1 fully saturated rings. The van der Waals surface area contributed by atoms with E-state index >= 15 is 0 Å². The van der Waals surface area contributed by atoms with Crippen LogP contribution in [0.15, 0.2) is 40.9 Å². The number of methoxy groups -OCH3 is 1. The number of nitrogens with one attached hydrogen (secondary N) is 2. The number of ether oxygens (including phenoxy) is 1. The lowest BCUT2D eigenvalue weighted by Crippen LogP contribution is -2.37. The maximum atomic E-state index is 10.4. The molecule has 7 nitrogen and oxygen atoms in total. The first kappa shape index (κ1) is 22.6. The highest BCUT2D eigenvalue weighted by Crippen LogP contribution is 2.35. The van der Waals surface area contributed by atoms with Crippen LogP contribution >= 0.6 is 15.9 Å². The minimum Gasteiger partial charge on any atom is -0.504 e. The Hall–Kier alpha value is -2.58. The van der Waals surface area contributed by atoms with Crippen LogP contribution in [0, 0.1) is 0 Å². The van der Waals surface area contributed by atoms with Crippen LogP contribution in [-0.4, -0.2) is 48.4 Å². The molecule has 0 atom stereocenters. The number of para-hydroxylation sites is 1. The summed E-state index contributed by atoms with van der Waals surface area (Å²) in [6.07, 6.45) is 4.18. The second kappa shape index (κ2) is 9.92. The minimum atomic E-state index is 0.190. The third-order valence-electron chi connectivity index (χ3n) is 6.04. The monoisotopic (exact) mass is 499 g/mol. The zero-order chi connectivity index (χ0) is 22.7. The maximum absolute atomic E-state index is 10.4. The van der Waals surface area contributed by atoms with E-state index in [1.165, 1.54) is 0 Å². The highest BCUT2D eigenvalue weighted by Gasteiger charge is 2.23. The van der Waals surface area contributed by atoms with Gasteiger partial charge in [-0.05, 0) is 49.9 Å². The molecule has 1 aliphatic rings. The Kier molecular flexibility index (Phi) is 7.01. The Morgan fingerprint density at radius 2 is 1.78 bits per heavy atom. The second-order valence-electron chi connectivity index (χ2n) is 8.43. The summed E-state index contributed by atoms with van der Waals surface area (Å²) >= 11 is 3.53. The van der Waals surface area contributed by atoms with Gasteiger partial charge in [0, 0.05) is 48.1 Å². The molecule has 0 saturated heterocycles. The SMILES string of the molecule is COc1ccc(Br)c(CN[C@H]2CC[C@@H](Nc3nc(N(C)C)c4ccccc4n3)CC2)c1O. The molecule has 0 unspecified atom stereocenters. The molecular weight excluding hydrogens is 470 g/mol. The van der Waals surface area contributed by atoms with Crippen molar-refractivity contribution in [1.29, 1.82) is 0 Å². The van der Waals surface area contributed by atoms with Gasteiger partial charge in [0.05, 0.1) is 12.6 Å². The van der Waals surface area contributed by atoms with Crippen LogP contribution < -0.4 is 20.3 Å². The number of phenolic OH excluding ortho intramolecular Hbond substituents is 1. The summed E-state index contributed by atoms with van der Waals surface area (Å²) in [5, 5.41) is 18.6. The lowest BCUT2D eigenvalue weighted by atomic mass is 9.91. The van der Waals surface area contributed by atoms with Crippen molar-refractivity contribution in [3.63, 3.8) is 0 Å². The zero-order valence-corrected chi connectivity index (χ0v) is 20.3. The van der Waals surface area contributed by atoms with Crippen LogP contribution in [0.25, 0.3) is 10.9 Å². The fraction of sp³-hybridized carbons (Fsp3) is 0.417. The van der Waals surface area contributed by atoms with Crippen molar-refractivity contribution in [1.82, 2.24) is 15.3 Å². The van der Waals surface area contributed by atoms with Crippen LogP contribution in [0.3, 0.4) is 0 Å². The predicted molar refractivity (Wildman–Crippen MR) is 133 cm³/mol. The molecule has 3 aromatic rings. The van der Waals surface area contributed by atoms with Gasteiger partial charge >= 0.3 is 0 Å². The summed E-state index contributed by atoms with van der Waals surface area (Å²) in [4.78, 5) is 11.5. The number of aromatic nitrogens is 2. The van der Waals surface area contributed by atoms with E-state index < -0.39 is 0 Å². The highest BCUT2D eigenvalue weighted by molar-refractivity contribution is 9.10. The van der Waals surface area contributed by atoms with Gasteiger partial charge in [-0.15, -0.1) is 0 Å². The van der Waals surface area contributed by atoms with E-state index in [2.05, 4.69) is 32.6 Å². The second-order valence-corrected chi connectivity index (χ2v) is 9.29. The van der Waals surface area contributed by atoms with Crippen molar-refractivity contribution in [2.45, 2.75) is 44.3 Å². The van der Waals surface area contributed by atoms with E-state index in [9.17, 15) is 5.11 Å². The number of fused-ring (bicyclic) bond motifs is 1. The van der Waals surface area contributed by atoms with Gasteiger partial charge in [-0.25, -0.2) is 4.98 Å². The molecule has 4 rings (SSSR count). The number of rotatable bonds is 7. The van der Waals surface area contributed by atoms with Crippen LogP contribution in [0.4, 0.5) is 11.8 Å². The van der Waals surface area contributed by atoms with Gasteiger partial charge < -0.3 is 25.4 Å². The first-order valence-electron chi connectivity index (χ1n) is 10.9. The fourth-order valence-electron chi connectivity index (χ4n) is 4.26. The van der Waals surface area contributed by atoms with Crippen molar-refractivity contribution in [2.24, 2.45) is 0 Å². The molecule has 1 heterocycles. The predicted octanol–water partition coefficient (Wildman–Crippen LogP) is 4.69. The topological polar surface area (TPSA) is 82.5 Å². The standard InChI is InChI=1S/C24H30BrN5O2/c1-30(2)23-17-6-4-5-7-20(17)28-24(29-23)27-16-10-8-15(9-11-16)26-14-18-19(25)12-13-21(32-3)22(18)31/h4-7,12-13,15-16,26,31H,8-11,14H2,1-3H3,(H,27,28,29)/t15-,16+. The van der Waals surface area contributed by atoms with E-state index in [0.29, 0.717) is 30.3 Å². The van der Waals surface area contributed by atoms with Crippen molar-refractivity contribution >= 4 is 38.6 Å². The fourth-order valence-corrected chi connectivity index (χ4v) is 4.72. The summed E-state index contributed by atoms with van der Waals surface area (Å²) in [5.41, 5.74) is 1.78. The van der Waals surface area contributed by atoms with Crippen LogP contribution in [-0.2, 0) is 6.54 Å². The Morgan fingerprint density at radius 1 is 1.06 bits per heavy atom. The Labute approximate surface area is 197 Å². The molecule has 1 aliphatic carbocycles. The number of phenols is 1. The van der Waals surface area contributed by atoms with Gasteiger partial charge in [-0.1, -0.05) is 28.1 Å². The lowest BCUT2D eigenvalue weighted by Gasteiger charge is -2.30. The van der Waals surface area contributed by atoms with Gasteiger partial charge in [0.2, 0.25) is 5.95 Å². The van der Waals surface area contributed by atoms with Crippen LogP contribution in [0.2, 0.25) is 0 Å². The zero-order valence-electron chi connectivity index (χ0n) is 18.7. The molecule has 0 bridgehead atoms. The molecule has 32 heavy (non-hydrogen) atoms. The largest absolute Gasteiger partial charge is 0.504 e. The first-order valence-corrected chi connectivity index (χ1v) is 11.7. The molecule has 8 heteroatoms. The number of anilines is 2. The number of hydrogen-bond acceptors (Lipinski definition) is 7. The van der Waals surface area contributed by atoms with Gasteiger partial charge in [0.25, 0.3) is 0 Å². The first-order chi connectivity index (χ1) is 15.5. The highest BCUT2D eigenvalue weighted by atomic mass is 79.9. The van der Waals surface area contributed by atoms with Crippen LogP contribution in [0.1, 0.15) is 31.2 Å². The normalized spacial score (nSPS) is 18.5. The number of benzene rings is 2. The van der Waals surface area contributed by atoms with Gasteiger partial charge in [0.1, 0.15) is 5.82 Å². The van der Waals surface area contributed by atoms with E-state index in [1.54, 1.807) is 13.2 Å². The maximum Gasteiger partial charge on any atom is 0.225 e. The molecule has 3 N–H and O–H groups in total. The summed E-state index contributed by atoms with van der Waals surface area (Å²) in [6.45, 7) is 0.590. The average molecular weight is 500 g/mol. The average Bonchev–Trinajstić information content (AvgIpc) is 2.79. The van der Waals surface area contributed by atoms with Crippen molar-refractivity contribution < 1.29 is 9.84 Å². The molecule has 0 spiro atoms. The van der Waals surface area contributed by atoms with E-state index in [1.807, 2.05) is 43.3 Å². The molecule has 170 valence electrons. The third kappa shape index (κ3) is 4.91. The van der Waals surface area contributed by atoms with Gasteiger partial charge in [-0.3, -0.25) is 0 Å². The van der Waals surface area contributed by atoms with Crippen molar-refractivity contribution in [3.8, 4) is 11.5 Å². The molecule has 0 amide bonds. The summed E-state index contributed by atoms with van der Waals surface area (Å²) in [5.74, 6) is 2.30.